The molecule has 0 bridgehead atoms. The molecule has 2 rings (SSSR count). The Labute approximate surface area is 79.5 Å². The Morgan fingerprint density at radius 2 is 2.43 bits per heavy atom. The molecular weight excluding hydrogens is 184 g/mol. The standard InChI is InChI=1S/C9H8N2O3/c10-9(12)13-4-6-1-2-8-7(3-6)11-5-14-8/h1-3,5H,4H2,(H2,10,12). The number of nitrogens with zero attached hydrogens (tertiary/aromatic N) is 1. The molecule has 0 fully saturated rings. The van der Waals surface area contributed by atoms with Crippen LogP contribution in [0.4, 0.5) is 4.79 Å². The summed E-state index contributed by atoms with van der Waals surface area (Å²) in [7, 11) is 0. The van der Waals surface area contributed by atoms with Gasteiger partial charge in [0, 0.05) is 0 Å². The number of rotatable bonds is 2. The molecule has 1 aromatic heterocycles. The lowest BCUT2D eigenvalue weighted by atomic mass is 10.2. The zero-order valence-electron chi connectivity index (χ0n) is 7.27. The summed E-state index contributed by atoms with van der Waals surface area (Å²) in [5, 5.41) is 0. The number of carbonyl (C=O) groups excluding carboxylic acids is 1. The van der Waals surface area contributed by atoms with Gasteiger partial charge in [-0.1, -0.05) is 6.07 Å². The van der Waals surface area contributed by atoms with Crippen molar-refractivity contribution in [2.45, 2.75) is 6.61 Å². The van der Waals surface area contributed by atoms with Crippen LogP contribution in [-0.2, 0) is 11.3 Å². The lowest BCUT2D eigenvalue weighted by Crippen LogP contribution is -2.12. The predicted molar refractivity (Wildman–Crippen MR) is 48.4 cm³/mol. The third-order valence-corrected chi connectivity index (χ3v) is 1.78. The minimum absolute atomic E-state index is 0.151. The zero-order valence-corrected chi connectivity index (χ0v) is 7.27. The number of fused-ring (bicyclic) bond motifs is 1. The lowest BCUT2D eigenvalue weighted by Gasteiger charge is -2.00. The van der Waals surface area contributed by atoms with E-state index in [1.807, 2.05) is 0 Å². The molecule has 0 aliphatic heterocycles. The van der Waals surface area contributed by atoms with E-state index in [2.05, 4.69) is 9.72 Å². The van der Waals surface area contributed by atoms with Crippen LogP contribution >= 0.6 is 0 Å². The van der Waals surface area contributed by atoms with Crippen molar-refractivity contribution in [3.8, 4) is 0 Å². The molecule has 2 N–H and O–H groups in total. The van der Waals surface area contributed by atoms with Crippen molar-refractivity contribution in [3.05, 3.63) is 30.2 Å². The summed E-state index contributed by atoms with van der Waals surface area (Å²) in [5.74, 6) is 0. The monoisotopic (exact) mass is 192 g/mol. The summed E-state index contributed by atoms with van der Waals surface area (Å²) in [4.78, 5) is 14.3. The molecule has 5 heteroatoms. The summed E-state index contributed by atoms with van der Waals surface area (Å²) in [6.07, 6.45) is 0.578. The summed E-state index contributed by atoms with van der Waals surface area (Å²) in [6, 6.07) is 5.33. The Hall–Kier alpha value is -2.04. The van der Waals surface area contributed by atoms with Crippen LogP contribution in [0.1, 0.15) is 5.56 Å². The highest BCUT2D eigenvalue weighted by Gasteiger charge is 2.01. The van der Waals surface area contributed by atoms with E-state index >= 15 is 0 Å². The number of hydrogen-bond acceptors (Lipinski definition) is 4. The zero-order chi connectivity index (χ0) is 9.97. The molecule has 0 saturated heterocycles. The van der Waals surface area contributed by atoms with E-state index < -0.39 is 6.09 Å². The normalized spacial score (nSPS) is 10.3. The maximum absolute atomic E-state index is 10.4. The van der Waals surface area contributed by atoms with Gasteiger partial charge in [0.15, 0.2) is 12.0 Å². The van der Waals surface area contributed by atoms with Gasteiger partial charge in [-0.05, 0) is 17.7 Å². The largest absolute Gasteiger partial charge is 0.445 e. The minimum Gasteiger partial charge on any atom is -0.445 e. The van der Waals surface area contributed by atoms with E-state index in [-0.39, 0.29) is 6.61 Å². The van der Waals surface area contributed by atoms with Crippen molar-refractivity contribution in [1.29, 1.82) is 0 Å². The molecule has 0 spiro atoms. The van der Waals surface area contributed by atoms with Crippen molar-refractivity contribution in [2.24, 2.45) is 5.73 Å². The summed E-state index contributed by atoms with van der Waals surface area (Å²) in [6.45, 7) is 0.151. The average Bonchev–Trinajstić information content (AvgIpc) is 2.61. The van der Waals surface area contributed by atoms with Crippen LogP contribution in [0.2, 0.25) is 0 Å². The van der Waals surface area contributed by atoms with Crippen LogP contribution in [0.3, 0.4) is 0 Å². The molecule has 0 aliphatic rings. The molecule has 1 amide bonds. The van der Waals surface area contributed by atoms with Gasteiger partial charge in [0.1, 0.15) is 12.1 Å². The number of nitrogens with two attached hydrogens (primary N) is 1. The SMILES string of the molecule is NC(=O)OCc1ccc2ocnc2c1. The van der Waals surface area contributed by atoms with Gasteiger partial charge in [0.25, 0.3) is 0 Å². The first-order valence-electron chi connectivity index (χ1n) is 4.00. The van der Waals surface area contributed by atoms with Crippen LogP contribution in [0, 0.1) is 0 Å². The summed E-state index contributed by atoms with van der Waals surface area (Å²) < 4.78 is 9.69. The number of ether oxygens (including phenoxy) is 1. The maximum atomic E-state index is 10.4. The second-order valence-electron chi connectivity index (χ2n) is 2.76. The van der Waals surface area contributed by atoms with Crippen LogP contribution < -0.4 is 5.73 Å². The number of hydrogen-bond donors (Lipinski definition) is 1. The van der Waals surface area contributed by atoms with Gasteiger partial charge in [-0.25, -0.2) is 9.78 Å². The van der Waals surface area contributed by atoms with Gasteiger partial charge in [0.2, 0.25) is 0 Å². The van der Waals surface area contributed by atoms with E-state index in [1.165, 1.54) is 6.39 Å². The molecule has 0 unspecified atom stereocenters. The Kier molecular flexibility index (Phi) is 2.06. The summed E-state index contributed by atoms with van der Waals surface area (Å²) in [5.41, 5.74) is 7.10. The molecule has 0 saturated carbocycles. The Morgan fingerprint density at radius 1 is 1.57 bits per heavy atom. The fourth-order valence-corrected chi connectivity index (χ4v) is 1.15. The first kappa shape index (κ1) is 8.55. The highest BCUT2D eigenvalue weighted by atomic mass is 16.5. The fourth-order valence-electron chi connectivity index (χ4n) is 1.15. The fraction of sp³-hybridized carbons (Fsp3) is 0.111. The third kappa shape index (κ3) is 1.66. The Morgan fingerprint density at radius 3 is 3.21 bits per heavy atom. The molecule has 0 radical (unpaired) electrons. The van der Waals surface area contributed by atoms with Gasteiger partial charge in [-0.3, -0.25) is 0 Å². The van der Waals surface area contributed by atoms with Crippen LogP contribution in [0.25, 0.3) is 11.1 Å². The Bertz CT molecular complexity index is 464. The van der Waals surface area contributed by atoms with Crippen molar-refractivity contribution in [1.82, 2.24) is 4.98 Å². The first-order valence-corrected chi connectivity index (χ1v) is 4.00. The second-order valence-corrected chi connectivity index (χ2v) is 2.76. The van der Waals surface area contributed by atoms with Crippen molar-refractivity contribution >= 4 is 17.2 Å². The first-order chi connectivity index (χ1) is 6.75. The predicted octanol–water partition coefficient (Wildman–Crippen LogP) is 1.42. The number of primary amides is 1. The number of amides is 1. The lowest BCUT2D eigenvalue weighted by molar-refractivity contribution is 0.150. The highest BCUT2D eigenvalue weighted by molar-refractivity contribution is 5.72. The molecular formula is C9H8N2O3. The van der Waals surface area contributed by atoms with Crippen molar-refractivity contribution < 1.29 is 13.9 Å². The van der Waals surface area contributed by atoms with Gasteiger partial charge in [-0.15, -0.1) is 0 Å². The number of aromatic nitrogens is 1. The van der Waals surface area contributed by atoms with E-state index in [0.717, 1.165) is 11.1 Å². The summed E-state index contributed by atoms with van der Waals surface area (Å²) >= 11 is 0. The topological polar surface area (TPSA) is 78.4 Å². The van der Waals surface area contributed by atoms with Gasteiger partial charge in [0.05, 0.1) is 0 Å². The third-order valence-electron chi connectivity index (χ3n) is 1.78. The molecule has 1 heterocycles. The van der Waals surface area contributed by atoms with Crippen molar-refractivity contribution in [2.75, 3.05) is 0 Å². The van der Waals surface area contributed by atoms with E-state index in [9.17, 15) is 4.79 Å². The molecule has 0 aliphatic carbocycles. The van der Waals surface area contributed by atoms with Crippen LogP contribution in [0.15, 0.2) is 29.0 Å². The van der Waals surface area contributed by atoms with Gasteiger partial charge < -0.3 is 14.9 Å². The Balaban J connectivity index is 2.21. The number of benzene rings is 1. The molecule has 72 valence electrons. The molecule has 1 aromatic carbocycles. The number of oxazole rings is 1. The van der Waals surface area contributed by atoms with E-state index in [1.54, 1.807) is 18.2 Å². The molecule has 5 nitrogen and oxygen atoms in total. The molecule has 2 aromatic rings. The van der Waals surface area contributed by atoms with Crippen molar-refractivity contribution in [3.63, 3.8) is 0 Å². The quantitative estimate of drug-likeness (QED) is 0.780. The van der Waals surface area contributed by atoms with Crippen LogP contribution in [0.5, 0.6) is 0 Å². The highest BCUT2D eigenvalue weighted by Crippen LogP contribution is 2.14. The smallest absolute Gasteiger partial charge is 0.404 e. The van der Waals surface area contributed by atoms with Crippen LogP contribution in [-0.4, -0.2) is 11.1 Å². The van der Waals surface area contributed by atoms with Gasteiger partial charge in [-0.2, -0.15) is 0 Å². The van der Waals surface area contributed by atoms with E-state index in [0.29, 0.717) is 5.58 Å². The second kappa shape index (κ2) is 3.37. The van der Waals surface area contributed by atoms with Gasteiger partial charge >= 0.3 is 6.09 Å². The number of carbonyl (C=O) groups is 1. The molecule has 0 atom stereocenters. The minimum atomic E-state index is -0.787. The molecule has 14 heavy (non-hydrogen) atoms. The maximum Gasteiger partial charge on any atom is 0.404 e. The average molecular weight is 192 g/mol. The van der Waals surface area contributed by atoms with E-state index in [4.69, 9.17) is 10.2 Å².